The number of rotatable bonds is 7. The quantitative estimate of drug-likeness (QED) is 0.323. The van der Waals surface area contributed by atoms with E-state index < -0.39 is 12.0 Å². The molecule has 0 bridgehead atoms. The van der Waals surface area contributed by atoms with E-state index in [-0.39, 0.29) is 6.42 Å². The van der Waals surface area contributed by atoms with Gasteiger partial charge >= 0.3 is 5.97 Å². The smallest absolute Gasteiger partial charge is 0.306 e. The molecule has 0 radical (unpaired) electrons. The van der Waals surface area contributed by atoms with Gasteiger partial charge in [-0.2, -0.15) is 0 Å². The average Bonchev–Trinajstić information content (AvgIpc) is 3.35. The van der Waals surface area contributed by atoms with Crippen molar-refractivity contribution >= 4 is 23.0 Å². The Morgan fingerprint density at radius 3 is 2.58 bits per heavy atom. The van der Waals surface area contributed by atoms with Crippen LogP contribution in [0.4, 0.5) is 0 Å². The average molecular weight is 499 g/mol. The molecular weight excluding hydrogens is 472 g/mol. The number of aryl methyl sites for hydroxylation is 2. The lowest BCUT2D eigenvalue weighted by Gasteiger charge is -2.12. The van der Waals surface area contributed by atoms with Crippen LogP contribution in [0.2, 0.25) is 0 Å². The number of nitrogens with zero attached hydrogens (tertiary/aromatic N) is 4. The first kappa shape index (κ1) is 23.7. The summed E-state index contributed by atoms with van der Waals surface area (Å²) in [6, 6.07) is 15.5. The van der Waals surface area contributed by atoms with Gasteiger partial charge in [0.15, 0.2) is 5.82 Å². The molecule has 1 aliphatic rings. The number of aliphatic imine (C=N–C) groups is 1. The van der Waals surface area contributed by atoms with Crippen LogP contribution in [0.1, 0.15) is 45.7 Å². The number of aromatic nitrogens is 3. The zero-order valence-corrected chi connectivity index (χ0v) is 21.2. The topological polar surface area (TPSA) is 89.6 Å². The minimum absolute atomic E-state index is 0.163. The van der Waals surface area contributed by atoms with Crippen molar-refractivity contribution in [3.05, 3.63) is 94.4 Å². The first-order valence-corrected chi connectivity index (χ1v) is 12.5. The van der Waals surface area contributed by atoms with Gasteiger partial charge in [0.1, 0.15) is 29.2 Å². The van der Waals surface area contributed by atoms with E-state index in [0.29, 0.717) is 18.3 Å². The summed E-state index contributed by atoms with van der Waals surface area (Å²) in [4.78, 5) is 17.9. The number of hydrogen-bond donors (Lipinski definition) is 1. The van der Waals surface area contributed by atoms with E-state index in [9.17, 15) is 9.90 Å². The summed E-state index contributed by atoms with van der Waals surface area (Å²) in [6.45, 7) is 10.2. The summed E-state index contributed by atoms with van der Waals surface area (Å²) in [5.41, 5.74) is 5.91. The highest BCUT2D eigenvalue weighted by Gasteiger charge is 2.32. The monoisotopic (exact) mass is 498 g/mol. The fourth-order valence-corrected chi connectivity index (χ4v) is 5.65. The zero-order valence-electron chi connectivity index (χ0n) is 20.4. The molecule has 0 saturated carbocycles. The van der Waals surface area contributed by atoms with Crippen molar-refractivity contribution in [3.8, 4) is 21.9 Å². The summed E-state index contributed by atoms with van der Waals surface area (Å²) in [5.74, 6) is 1.13. The lowest BCUT2D eigenvalue weighted by molar-refractivity contribution is -0.137. The van der Waals surface area contributed by atoms with Crippen molar-refractivity contribution in [2.75, 3.05) is 6.61 Å². The van der Waals surface area contributed by atoms with Gasteiger partial charge in [0.2, 0.25) is 0 Å². The molecule has 4 aromatic rings. The van der Waals surface area contributed by atoms with Crippen molar-refractivity contribution in [2.24, 2.45) is 4.99 Å². The van der Waals surface area contributed by atoms with Crippen molar-refractivity contribution in [2.45, 2.75) is 33.2 Å². The lowest BCUT2D eigenvalue weighted by Crippen LogP contribution is -2.10. The van der Waals surface area contributed by atoms with Crippen LogP contribution < -0.4 is 4.74 Å². The summed E-state index contributed by atoms with van der Waals surface area (Å²) in [5, 5.41) is 19.2. The van der Waals surface area contributed by atoms with E-state index in [1.165, 1.54) is 4.88 Å². The number of carboxylic acids is 1. The SMILES string of the molecule is C=CCOc1cccc(-c2ccc(C3=N[C@@H](CC(=O)O)c4nnc(C)n4-c4sc(C)c(C)c43)cc2)c1. The van der Waals surface area contributed by atoms with Gasteiger partial charge in [0.05, 0.1) is 12.1 Å². The van der Waals surface area contributed by atoms with Gasteiger partial charge in [-0.3, -0.25) is 14.4 Å². The van der Waals surface area contributed by atoms with Crippen molar-refractivity contribution in [1.82, 2.24) is 14.8 Å². The van der Waals surface area contributed by atoms with Gasteiger partial charge in [-0.25, -0.2) is 0 Å². The van der Waals surface area contributed by atoms with E-state index in [4.69, 9.17) is 9.73 Å². The van der Waals surface area contributed by atoms with Crippen LogP contribution in [0.25, 0.3) is 16.1 Å². The largest absolute Gasteiger partial charge is 0.490 e. The number of hydrogen-bond acceptors (Lipinski definition) is 6. The fourth-order valence-electron chi connectivity index (χ4n) is 4.43. The summed E-state index contributed by atoms with van der Waals surface area (Å²) in [7, 11) is 0. The molecule has 5 rings (SSSR count). The molecular formula is C28H26N4O3S. The van der Waals surface area contributed by atoms with E-state index in [0.717, 1.165) is 44.3 Å². The number of fused-ring (bicyclic) bond motifs is 3. The Kier molecular flexibility index (Phi) is 6.28. The van der Waals surface area contributed by atoms with Crippen LogP contribution in [0.15, 0.2) is 66.2 Å². The summed E-state index contributed by atoms with van der Waals surface area (Å²) < 4.78 is 7.65. The van der Waals surface area contributed by atoms with Gasteiger partial charge in [-0.1, -0.05) is 49.1 Å². The lowest BCUT2D eigenvalue weighted by atomic mass is 9.97. The first-order valence-electron chi connectivity index (χ1n) is 11.6. The minimum atomic E-state index is -0.928. The van der Waals surface area contributed by atoms with Gasteiger partial charge in [0, 0.05) is 16.0 Å². The van der Waals surface area contributed by atoms with Crippen LogP contribution in [0, 0.1) is 20.8 Å². The fraction of sp³-hybridized carbons (Fsp3) is 0.214. The Hall–Kier alpha value is -4.04. The number of carbonyl (C=O) groups is 1. The molecule has 0 saturated heterocycles. The molecule has 1 N–H and O–H groups in total. The Balaban J connectivity index is 1.61. The molecule has 3 heterocycles. The van der Waals surface area contributed by atoms with Gasteiger partial charge < -0.3 is 9.84 Å². The second-order valence-electron chi connectivity index (χ2n) is 8.70. The maximum Gasteiger partial charge on any atom is 0.306 e. The van der Waals surface area contributed by atoms with Gasteiger partial charge in [0.25, 0.3) is 0 Å². The molecule has 0 fully saturated rings. The van der Waals surface area contributed by atoms with Gasteiger partial charge in [-0.05, 0) is 49.6 Å². The van der Waals surface area contributed by atoms with Crippen molar-refractivity contribution in [1.29, 1.82) is 0 Å². The Bertz CT molecular complexity index is 1500. The van der Waals surface area contributed by atoms with E-state index in [1.807, 2.05) is 47.9 Å². The molecule has 36 heavy (non-hydrogen) atoms. The molecule has 0 spiro atoms. The number of ether oxygens (including phenoxy) is 1. The number of carboxylic acid groups (broad SMARTS) is 1. The number of aliphatic carboxylic acids is 1. The molecule has 1 aliphatic heterocycles. The molecule has 0 aliphatic carbocycles. The van der Waals surface area contributed by atoms with Gasteiger partial charge in [-0.15, -0.1) is 21.5 Å². The standard InChI is InChI=1S/C28H26N4O3S/c1-5-13-35-22-8-6-7-21(14-22)19-9-11-20(12-10-19)26-25-16(2)17(3)36-28(25)32-18(4)30-31-27(32)23(29-26)15-24(33)34/h5-12,14,23H,1,13,15H2,2-4H3,(H,33,34)/t23-/m0/s1. The van der Waals surface area contributed by atoms with Crippen LogP contribution >= 0.6 is 11.3 Å². The molecule has 1 atom stereocenters. The van der Waals surface area contributed by atoms with E-state index in [2.05, 4.69) is 42.8 Å². The molecule has 2 aromatic carbocycles. The normalized spacial score (nSPS) is 14.4. The minimum Gasteiger partial charge on any atom is -0.490 e. The second-order valence-corrected chi connectivity index (χ2v) is 9.90. The Morgan fingerprint density at radius 2 is 1.86 bits per heavy atom. The molecule has 2 aromatic heterocycles. The highest BCUT2D eigenvalue weighted by atomic mass is 32.1. The maximum atomic E-state index is 11.7. The molecule has 0 amide bonds. The predicted molar refractivity (Wildman–Crippen MR) is 142 cm³/mol. The highest BCUT2D eigenvalue weighted by Crippen LogP contribution is 2.39. The number of thiophene rings is 1. The molecule has 7 nitrogen and oxygen atoms in total. The van der Waals surface area contributed by atoms with E-state index >= 15 is 0 Å². The molecule has 8 heteroatoms. The summed E-state index contributed by atoms with van der Waals surface area (Å²) >= 11 is 1.65. The third-order valence-electron chi connectivity index (χ3n) is 6.30. The highest BCUT2D eigenvalue weighted by molar-refractivity contribution is 7.15. The Labute approximate surface area is 213 Å². The van der Waals surface area contributed by atoms with Crippen LogP contribution in [-0.4, -0.2) is 38.2 Å². The summed E-state index contributed by atoms with van der Waals surface area (Å²) in [6.07, 6.45) is 1.56. The second kappa shape index (κ2) is 9.54. The Morgan fingerprint density at radius 1 is 1.11 bits per heavy atom. The maximum absolute atomic E-state index is 11.7. The zero-order chi connectivity index (χ0) is 25.4. The van der Waals surface area contributed by atoms with Crippen molar-refractivity contribution in [3.63, 3.8) is 0 Å². The molecule has 0 unspecified atom stereocenters. The third kappa shape index (κ3) is 4.24. The third-order valence-corrected chi connectivity index (χ3v) is 7.49. The molecule has 182 valence electrons. The van der Waals surface area contributed by atoms with Crippen LogP contribution in [0.5, 0.6) is 5.75 Å². The van der Waals surface area contributed by atoms with Crippen LogP contribution in [0.3, 0.4) is 0 Å². The predicted octanol–water partition coefficient (Wildman–Crippen LogP) is 5.85. The number of benzene rings is 2. The van der Waals surface area contributed by atoms with E-state index in [1.54, 1.807) is 17.4 Å². The van der Waals surface area contributed by atoms with Crippen molar-refractivity contribution < 1.29 is 14.6 Å². The van der Waals surface area contributed by atoms with Crippen LogP contribution in [-0.2, 0) is 4.79 Å². The first-order chi connectivity index (χ1) is 17.4.